The van der Waals surface area contributed by atoms with Crippen LogP contribution in [0.25, 0.3) is 10.9 Å². The summed E-state index contributed by atoms with van der Waals surface area (Å²) in [5.41, 5.74) is 4.02. The number of nitrogens with one attached hydrogen (secondary N) is 3. The zero-order valence-corrected chi connectivity index (χ0v) is 21.9. The van der Waals surface area contributed by atoms with E-state index in [9.17, 15) is 0 Å². The number of ether oxygens (including phenoxy) is 1. The minimum Gasteiger partial charge on any atom is -0.377 e. The number of aliphatic imine (C=N–C) groups is 1. The van der Waals surface area contributed by atoms with Gasteiger partial charge >= 0.3 is 0 Å². The molecule has 0 aliphatic carbocycles. The molecule has 31 heavy (non-hydrogen) atoms. The number of fused-ring (bicyclic) bond motifs is 1. The summed E-state index contributed by atoms with van der Waals surface area (Å²) in [5.74, 6) is 0.908. The van der Waals surface area contributed by atoms with Crippen LogP contribution in [0.5, 0.6) is 0 Å². The molecule has 1 aliphatic rings. The molecule has 7 heteroatoms. The second-order valence-electron chi connectivity index (χ2n) is 8.44. The average molecular weight is 542 g/mol. The number of aromatic amines is 1. The lowest BCUT2D eigenvalue weighted by atomic mass is 10.1. The van der Waals surface area contributed by atoms with Crippen molar-refractivity contribution < 1.29 is 4.74 Å². The first-order chi connectivity index (χ1) is 14.6. The van der Waals surface area contributed by atoms with Crippen LogP contribution in [0.3, 0.4) is 0 Å². The summed E-state index contributed by atoms with van der Waals surface area (Å²) >= 11 is 0. The van der Waals surface area contributed by atoms with Crippen molar-refractivity contribution in [1.29, 1.82) is 0 Å². The molecule has 0 saturated carbocycles. The first kappa shape index (κ1) is 25.9. The van der Waals surface area contributed by atoms with Crippen molar-refractivity contribution in [3.8, 4) is 0 Å². The number of hydrogen-bond acceptors (Lipinski definition) is 3. The molecule has 2 aromatic rings. The molecule has 3 N–H and O–H groups in total. The van der Waals surface area contributed by atoms with Crippen molar-refractivity contribution in [2.45, 2.75) is 58.6 Å². The monoisotopic (exact) mass is 541 g/mol. The number of guanidine groups is 1. The van der Waals surface area contributed by atoms with Crippen LogP contribution in [0, 0.1) is 0 Å². The van der Waals surface area contributed by atoms with Gasteiger partial charge in [-0.3, -0.25) is 4.99 Å². The number of likely N-dealkylation sites (tertiary alicyclic amines) is 1. The molecule has 1 fully saturated rings. The van der Waals surface area contributed by atoms with Crippen LogP contribution in [0.4, 0.5) is 0 Å². The highest BCUT2D eigenvalue weighted by atomic mass is 127. The minimum atomic E-state index is 0. The topological polar surface area (TPSA) is 64.7 Å². The maximum atomic E-state index is 5.68. The van der Waals surface area contributed by atoms with E-state index in [-0.39, 0.29) is 24.0 Å². The highest BCUT2D eigenvalue weighted by Gasteiger charge is 2.19. The van der Waals surface area contributed by atoms with Crippen LogP contribution in [0.15, 0.2) is 29.4 Å². The Morgan fingerprint density at radius 1 is 1.26 bits per heavy atom. The number of rotatable bonds is 9. The lowest BCUT2D eigenvalue weighted by molar-refractivity contribution is 0.0532. The zero-order chi connectivity index (χ0) is 21.3. The summed E-state index contributed by atoms with van der Waals surface area (Å²) < 4.78 is 5.68. The Morgan fingerprint density at radius 2 is 2.03 bits per heavy atom. The van der Waals surface area contributed by atoms with Gasteiger partial charge in [0.2, 0.25) is 0 Å². The van der Waals surface area contributed by atoms with Crippen LogP contribution in [0.2, 0.25) is 0 Å². The van der Waals surface area contributed by atoms with E-state index >= 15 is 0 Å². The second kappa shape index (κ2) is 13.3. The predicted octanol–water partition coefficient (Wildman–Crippen LogP) is 3.95. The van der Waals surface area contributed by atoms with Crippen molar-refractivity contribution in [2.24, 2.45) is 4.99 Å². The molecule has 0 bridgehead atoms. The predicted molar refractivity (Wildman–Crippen MR) is 142 cm³/mol. The number of nitrogens with zero attached hydrogens (tertiary/aromatic N) is 2. The van der Waals surface area contributed by atoms with E-state index < -0.39 is 0 Å². The SMILES string of the molecule is CCc1cccc2c(CCNC(=NC)NC3CCN(CCOC(C)C)CC3)c[nH]c12.I. The number of H-pyrrole nitrogens is 1. The van der Waals surface area contributed by atoms with E-state index in [2.05, 4.69) is 70.7 Å². The maximum Gasteiger partial charge on any atom is 0.191 e. The molecule has 6 nitrogen and oxygen atoms in total. The standard InChI is InChI=1S/C24H39N5O.HI/c1-5-19-7-6-8-22-20(17-27-23(19)22)9-12-26-24(25-4)28-21-10-13-29(14-11-21)15-16-30-18(2)3;/h6-8,17-18,21,27H,5,9-16H2,1-4H3,(H2,25,26,28);1H. The number of hydrogen-bond donors (Lipinski definition) is 3. The van der Waals surface area contributed by atoms with Gasteiger partial charge in [-0.25, -0.2) is 0 Å². The Hall–Kier alpha value is -1.32. The molecule has 174 valence electrons. The van der Waals surface area contributed by atoms with E-state index in [1.54, 1.807) is 0 Å². The largest absolute Gasteiger partial charge is 0.377 e. The minimum absolute atomic E-state index is 0. The Balaban J connectivity index is 0.00000341. The molecule has 2 heterocycles. The van der Waals surface area contributed by atoms with E-state index in [0.29, 0.717) is 12.1 Å². The van der Waals surface area contributed by atoms with E-state index in [4.69, 9.17) is 4.74 Å². The van der Waals surface area contributed by atoms with Crippen molar-refractivity contribution in [3.63, 3.8) is 0 Å². The molecule has 0 unspecified atom stereocenters. The molecule has 3 rings (SSSR count). The highest BCUT2D eigenvalue weighted by molar-refractivity contribution is 14.0. The quantitative estimate of drug-likeness (QED) is 0.256. The Bertz CT molecular complexity index is 811. The van der Waals surface area contributed by atoms with Gasteiger partial charge in [0.25, 0.3) is 0 Å². The molecular weight excluding hydrogens is 501 g/mol. The van der Waals surface area contributed by atoms with Gasteiger partial charge in [-0.15, -0.1) is 24.0 Å². The Kier molecular flexibility index (Phi) is 11.1. The fourth-order valence-electron chi connectivity index (χ4n) is 4.20. The molecule has 0 radical (unpaired) electrons. The van der Waals surface area contributed by atoms with Gasteiger partial charge in [-0.05, 0) is 50.7 Å². The number of benzene rings is 1. The molecule has 1 aromatic carbocycles. The van der Waals surface area contributed by atoms with Gasteiger partial charge in [-0.2, -0.15) is 0 Å². The molecule has 0 atom stereocenters. The smallest absolute Gasteiger partial charge is 0.191 e. The van der Waals surface area contributed by atoms with Crippen LogP contribution in [0.1, 0.15) is 44.7 Å². The first-order valence-electron chi connectivity index (χ1n) is 11.5. The number of aromatic nitrogens is 1. The van der Waals surface area contributed by atoms with E-state index in [0.717, 1.165) is 64.4 Å². The average Bonchev–Trinajstić information content (AvgIpc) is 3.17. The van der Waals surface area contributed by atoms with Crippen LogP contribution in [-0.2, 0) is 17.6 Å². The molecular formula is C24H40IN5O. The molecule has 1 saturated heterocycles. The van der Waals surface area contributed by atoms with Crippen LogP contribution >= 0.6 is 24.0 Å². The highest BCUT2D eigenvalue weighted by Crippen LogP contribution is 2.22. The Morgan fingerprint density at radius 3 is 2.71 bits per heavy atom. The summed E-state index contributed by atoms with van der Waals surface area (Å²) in [6.07, 6.45) is 6.78. The normalized spacial score (nSPS) is 16.0. The first-order valence-corrected chi connectivity index (χ1v) is 11.5. The fraction of sp³-hybridized carbons (Fsp3) is 0.625. The lowest BCUT2D eigenvalue weighted by Crippen LogP contribution is -2.49. The number of piperidine rings is 1. The number of para-hydroxylation sites is 1. The van der Waals surface area contributed by atoms with E-state index in [1.165, 1.54) is 22.0 Å². The summed E-state index contributed by atoms with van der Waals surface area (Å²) in [5, 5.41) is 8.45. The van der Waals surface area contributed by atoms with Crippen LogP contribution < -0.4 is 10.6 Å². The van der Waals surface area contributed by atoms with Gasteiger partial charge in [0.05, 0.1) is 12.7 Å². The van der Waals surface area contributed by atoms with Gasteiger partial charge in [-0.1, -0.05) is 25.1 Å². The zero-order valence-electron chi connectivity index (χ0n) is 19.5. The maximum absolute atomic E-state index is 5.68. The molecule has 1 aromatic heterocycles. The fourth-order valence-corrected chi connectivity index (χ4v) is 4.20. The van der Waals surface area contributed by atoms with Gasteiger partial charge in [0.1, 0.15) is 0 Å². The van der Waals surface area contributed by atoms with E-state index in [1.807, 2.05) is 7.05 Å². The van der Waals surface area contributed by atoms with Crippen molar-refractivity contribution in [1.82, 2.24) is 20.5 Å². The number of halogens is 1. The third-order valence-corrected chi connectivity index (χ3v) is 5.97. The third-order valence-electron chi connectivity index (χ3n) is 5.97. The Labute approximate surface area is 204 Å². The number of aryl methyl sites for hydroxylation is 1. The molecule has 0 spiro atoms. The van der Waals surface area contributed by atoms with Crippen molar-refractivity contribution >= 4 is 40.8 Å². The summed E-state index contributed by atoms with van der Waals surface area (Å²) in [6.45, 7) is 11.3. The second-order valence-corrected chi connectivity index (χ2v) is 8.44. The van der Waals surface area contributed by atoms with Gasteiger partial charge < -0.3 is 25.3 Å². The van der Waals surface area contributed by atoms with Crippen molar-refractivity contribution in [3.05, 3.63) is 35.5 Å². The van der Waals surface area contributed by atoms with Crippen molar-refractivity contribution in [2.75, 3.05) is 39.8 Å². The summed E-state index contributed by atoms with van der Waals surface area (Å²) in [6, 6.07) is 7.06. The lowest BCUT2D eigenvalue weighted by Gasteiger charge is -2.33. The van der Waals surface area contributed by atoms with Gasteiger partial charge in [0, 0.05) is 56.4 Å². The van der Waals surface area contributed by atoms with Gasteiger partial charge in [0.15, 0.2) is 5.96 Å². The summed E-state index contributed by atoms with van der Waals surface area (Å²) in [7, 11) is 1.85. The third kappa shape index (κ3) is 7.64. The molecule has 0 amide bonds. The summed E-state index contributed by atoms with van der Waals surface area (Å²) in [4.78, 5) is 10.4. The van der Waals surface area contributed by atoms with Crippen LogP contribution in [-0.4, -0.2) is 67.8 Å². The molecule has 1 aliphatic heterocycles.